The van der Waals surface area contributed by atoms with Crippen LogP contribution in [0.25, 0.3) is 17.0 Å². The van der Waals surface area contributed by atoms with Crippen LogP contribution in [0.15, 0.2) is 46.4 Å². The van der Waals surface area contributed by atoms with Crippen molar-refractivity contribution in [1.82, 2.24) is 15.0 Å². The molecule has 2 aromatic heterocycles. The van der Waals surface area contributed by atoms with Gasteiger partial charge in [0, 0.05) is 59.0 Å². The first-order chi connectivity index (χ1) is 12.4. The molecule has 0 spiro atoms. The third-order valence-electron chi connectivity index (χ3n) is 4.64. The average Bonchev–Trinajstić information content (AvgIpc) is 3.29. The lowest BCUT2D eigenvalue weighted by Crippen LogP contribution is -2.31. The van der Waals surface area contributed by atoms with E-state index in [-0.39, 0.29) is 0 Å². The van der Waals surface area contributed by atoms with Crippen LogP contribution in [0.2, 0.25) is 0 Å². The maximum atomic E-state index is 4.75. The summed E-state index contributed by atoms with van der Waals surface area (Å²) in [6, 6.07) is 10.4. The molecule has 0 fully saturated rings. The number of anilines is 1. The van der Waals surface area contributed by atoms with Crippen molar-refractivity contribution < 1.29 is 0 Å². The van der Waals surface area contributed by atoms with Gasteiger partial charge in [-0.05, 0) is 18.2 Å². The molecular weight excluding hydrogens is 330 g/mol. The van der Waals surface area contributed by atoms with Gasteiger partial charge in [-0.15, -0.1) is 11.8 Å². The standard InChI is InChI=1S/C19H17N5S/c1-2-4-17-15(3-1)16-11-24(8-6-18(16)23-17)19-21-7-5-13(22-19)9-14-10-20-12-25-14/h1-5,7,9-10,23H,6,8,11-12H2/b14-9-. The van der Waals surface area contributed by atoms with Gasteiger partial charge in [0.15, 0.2) is 0 Å². The minimum absolute atomic E-state index is 0.796. The van der Waals surface area contributed by atoms with E-state index in [4.69, 9.17) is 4.98 Å². The second-order valence-electron chi connectivity index (χ2n) is 6.21. The lowest BCUT2D eigenvalue weighted by Gasteiger charge is -2.27. The summed E-state index contributed by atoms with van der Waals surface area (Å²) < 4.78 is 0. The zero-order chi connectivity index (χ0) is 16.6. The first-order valence-corrected chi connectivity index (χ1v) is 9.36. The van der Waals surface area contributed by atoms with Crippen molar-refractivity contribution in [3.63, 3.8) is 0 Å². The van der Waals surface area contributed by atoms with Gasteiger partial charge in [0.25, 0.3) is 0 Å². The number of hydrogen-bond acceptors (Lipinski definition) is 5. The summed E-state index contributed by atoms with van der Waals surface area (Å²) in [6.07, 6.45) is 6.82. The zero-order valence-electron chi connectivity index (χ0n) is 13.6. The van der Waals surface area contributed by atoms with Gasteiger partial charge < -0.3 is 9.88 Å². The lowest BCUT2D eigenvalue weighted by atomic mass is 10.0. The Bertz CT molecular complexity index is 1000. The third kappa shape index (κ3) is 2.72. The summed E-state index contributed by atoms with van der Waals surface area (Å²) in [5.41, 5.74) is 4.86. The topological polar surface area (TPSA) is 57.2 Å². The second kappa shape index (κ2) is 6.04. The number of allylic oxidation sites excluding steroid dienone is 1. The van der Waals surface area contributed by atoms with Crippen molar-refractivity contribution in [3.8, 4) is 0 Å². The third-order valence-corrected chi connectivity index (χ3v) is 5.48. The monoisotopic (exact) mass is 347 g/mol. The van der Waals surface area contributed by atoms with Crippen LogP contribution in [0.3, 0.4) is 0 Å². The van der Waals surface area contributed by atoms with Crippen LogP contribution in [-0.2, 0) is 13.0 Å². The molecule has 0 atom stereocenters. The molecule has 2 aliphatic heterocycles. The number of rotatable bonds is 2. The summed E-state index contributed by atoms with van der Waals surface area (Å²) in [7, 11) is 0. The Balaban J connectivity index is 1.46. The van der Waals surface area contributed by atoms with Crippen LogP contribution in [0, 0.1) is 0 Å². The Hall–Kier alpha value is -2.60. The molecule has 0 amide bonds. The predicted octanol–water partition coefficient (Wildman–Crippen LogP) is 3.64. The Kier molecular flexibility index (Phi) is 3.56. The number of nitrogens with zero attached hydrogens (tertiary/aromatic N) is 4. The maximum Gasteiger partial charge on any atom is 0.226 e. The van der Waals surface area contributed by atoms with Crippen LogP contribution >= 0.6 is 11.8 Å². The van der Waals surface area contributed by atoms with Crippen LogP contribution in [0.5, 0.6) is 0 Å². The number of hydrogen-bond donors (Lipinski definition) is 1. The Labute approximate surface area is 149 Å². The molecule has 5 rings (SSSR count). The number of nitrogens with one attached hydrogen (secondary N) is 1. The molecule has 0 saturated heterocycles. The van der Waals surface area contributed by atoms with Crippen molar-refractivity contribution in [2.75, 3.05) is 17.3 Å². The molecule has 1 aromatic carbocycles. The average molecular weight is 347 g/mol. The van der Waals surface area contributed by atoms with E-state index < -0.39 is 0 Å². The molecule has 4 heterocycles. The van der Waals surface area contributed by atoms with Crippen molar-refractivity contribution >= 4 is 40.9 Å². The lowest BCUT2D eigenvalue weighted by molar-refractivity contribution is 0.703. The molecular formula is C19H17N5S. The van der Waals surface area contributed by atoms with Gasteiger partial charge in [0.1, 0.15) is 0 Å². The van der Waals surface area contributed by atoms with Crippen LogP contribution in [0.1, 0.15) is 17.0 Å². The van der Waals surface area contributed by atoms with E-state index >= 15 is 0 Å². The molecule has 2 aliphatic rings. The molecule has 0 unspecified atom stereocenters. The van der Waals surface area contributed by atoms with Gasteiger partial charge in [0.2, 0.25) is 5.95 Å². The fraction of sp³-hybridized carbons (Fsp3) is 0.211. The number of aliphatic imine (C=N–C) groups is 1. The summed E-state index contributed by atoms with van der Waals surface area (Å²) >= 11 is 1.73. The van der Waals surface area contributed by atoms with Gasteiger partial charge >= 0.3 is 0 Å². The fourth-order valence-corrected chi connectivity index (χ4v) is 4.08. The number of aromatic nitrogens is 3. The molecule has 0 radical (unpaired) electrons. The van der Waals surface area contributed by atoms with E-state index in [1.807, 2.05) is 18.5 Å². The molecule has 25 heavy (non-hydrogen) atoms. The van der Waals surface area contributed by atoms with E-state index in [2.05, 4.69) is 50.2 Å². The van der Waals surface area contributed by atoms with Crippen molar-refractivity contribution in [3.05, 3.63) is 58.4 Å². The highest BCUT2D eigenvalue weighted by molar-refractivity contribution is 8.04. The highest BCUT2D eigenvalue weighted by Crippen LogP contribution is 2.29. The summed E-state index contributed by atoms with van der Waals surface area (Å²) in [5.74, 6) is 1.60. The number of fused-ring (bicyclic) bond motifs is 3. The van der Waals surface area contributed by atoms with E-state index in [9.17, 15) is 0 Å². The molecule has 0 bridgehead atoms. The van der Waals surface area contributed by atoms with Crippen LogP contribution in [0.4, 0.5) is 5.95 Å². The molecule has 0 saturated carbocycles. The van der Waals surface area contributed by atoms with E-state index in [0.717, 1.165) is 41.9 Å². The Morgan fingerprint density at radius 3 is 3.08 bits per heavy atom. The molecule has 124 valence electrons. The predicted molar refractivity (Wildman–Crippen MR) is 104 cm³/mol. The number of para-hydroxylation sites is 1. The first-order valence-electron chi connectivity index (χ1n) is 8.37. The molecule has 5 nitrogen and oxygen atoms in total. The zero-order valence-corrected chi connectivity index (χ0v) is 14.5. The van der Waals surface area contributed by atoms with Crippen molar-refractivity contribution in [1.29, 1.82) is 0 Å². The van der Waals surface area contributed by atoms with Gasteiger partial charge in [-0.1, -0.05) is 18.2 Å². The highest BCUT2D eigenvalue weighted by Gasteiger charge is 2.22. The van der Waals surface area contributed by atoms with Gasteiger partial charge in [-0.2, -0.15) is 0 Å². The smallest absolute Gasteiger partial charge is 0.226 e. The van der Waals surface area contributed by atoms with Crippen LogP contribution in [-0.4, -0.2) is 33.6 Å². The van der Waals surface area contributed by atoms with Gasteiger partial charge in [-0.3, -0.25) is 4.99 Å². The largest absolute Gasteiger partial charge is 0.358 e. The summed E-state index contributed by atoms with van der Waals surface area (Å²) in [4.78, 5) is 20.5. The Morgan fingerprint density at radius 2 is 2.16 bits per heavy atom. The normalized spacial score (nSPS) is 18.2. The fourth-order valence-electron chi connectivity index (χ4n) is 3.43. The minimum Gasteiger partial charge on any atom is -0.358 e. The summed E-state index contributed by atoms with van der Waals surface area (Å²) in [5, 5.41) is 1.30. The molecule has 0 aliphatic carbocycles. The second-order valence-corrected chi connectivity index (χ2v) is 7.23. The van der Waals surface area contributed by atoms with Crippen molar-refractivity contribution in [2.24, 2.45) is 4.99 Å². The SMILES string of the molecule is C1=NCS/C1=C\c1ccnc(N2CCc3[nH]c4ccccc4c3C2)n1. The van der Waals surface area contributed by atoms with E-state index in [1.165, 1.54) is 22.2 Å². The Morgan fingerprint density at radius 1 is 1.20 bits per heavy atom. The maximum absolute atomic E-state index is 4.75. The summed E-state index contributed by atoms with van der Waals surface area (Å²) in [6.45, 7) is 1.77. The van der Waals surface area contributed by atoms with Crippen LogP contribution < -0.4 is 4.90 Å². The highest BCUT2D eigenvalue weighted by atomic mass is 32.2. The quantitative estimate of drug-likeness (QED) is 0.769. The van der Waals surface area contributed by atoms with E-state index in [0.29, 0.717) is 0 Å². The molecule has 1 N–H and O–H groups in total. The number of H-pyrrole nitrogens is 1. The van der Waals surface area contributed by atoms with Crippen molar-refractivity contribution in [2.45, 2.75) is 13.0 Å². The molecule has 6 heteroatoms. The number of aromatic amines is 1. The molecule has 3 aromatic rings. The van der Waals surface area contributed by atoms with Gasteiger partial charge in [0.05, 0.1) is 11.6 Å². The van der Waals surface area contributed by atoms with Gasteiger partial charge in [-0.25, -0.2) is 9.97 Å². The number of thioether (sulfide) groups is 1. The van der Waals surface area contributed by atoms with E-state index in [1.54, 1.807) is 11.8 Å². The first kappa shape index (κ1) is 14.7. The number of benzene rings is 1. The minimum atomic E-state index is 0.796.